The number of anilines is 3. The minimum Gasteiger partial charge on any atom is -0.383 e. The van der Waals surface area contributed by atoms with Gasteiger partial charge in [0.25, 0.3) is 0 Å². The number of fused-ring (bicyclic) bond motifs is 1. The van der Waals surface area contributed by atoms with Gasteiger partial charge in [0.05, 0.1) is 6.42 Å². The molecule has 0 atom stereocenters. The Hall–Kier alpha value is -1.89. The molecule has 1 aromatic heterocycles. The van der Waals surface area contributed by atoms with E-state index >= 15 is 0 Å². The lowest BCUT2D eigenvalue weighted by atomic mass is 10.2. The van der Waals surface area contributed by atoms with Gasteiger partial charge in [-0.05, 0) is 51.7 Å². The molecule has 3 rings (SSSR count). The molecule has 0 spiro atoms. The number of nitrogens with one attached hydrogen (secondary N) is 1. The quantitative estimate of drug-likeness (QED) is 0.599. The Morgan fingerprint density at radius 1 is 1.00 bits per heavy atom. The standard InChI is InChI=1S/C21H36N6O/c1-2-3-11-23-21-24-19(22)17-16-18(28)27(20(17)25-21)15-10-6-9-14-26-12-7-4-5-8-13-26/h2-16H2,1H3,(H3,22,23,24,25). The molecule has 0 aromatic carbocycles. The van der Waals surface area contributed by atoms with Crippen molar-refractivity contribution in [3.63, 3.8) is 0 Å². The molecule has 3 N–H and O–H groups in total. The Morgan fingerprint density at radius 3 is 2.50 bits per heavy atom. The van der Waals surface area contributed by atoms with Crippen LogP contribution in [0.4, 0.5) is 17.6 Å². The number of carbonyl (C=O) groups excluding carboxylic acids is 1. The van der Waals surface area contributed by atoms with Crippen LogP contribution in [0.15, 0.2) is 0 Å². The number of nitrogen functional groups attached to an aromatic ring is 1. The molecule has 0 aliphatic carbocycles. The van der Waals surface area contributed by atoms with Gasteiger partial charge in [-0.3, -0.25) is 9.69 Å². The predicted molar refractivity (Wildman–Crippen MR) is 115 cm³/mol. The molecule has 0 unspecified atom stereocenters. The van der Waals surface area contributed by atoms with E-state index in [0.29, 0.717) is 24.0 Å². The van der Waals surface area contributed by atoms with Gasteiger partial charge in [0.2, 0.25) is 11.9 Å². The molecule has 2 aliphatic rings. The van der Waals surface area contributed by atoms with Crippen molar-refractivity contribution in [2.24, 2.45) is 0 Å². The first-order chi connectivity index (χ1) is 13.7. The number of nitrogens with zero attached hydrogens (tertiary/aromatic N) is 4. The van der Waals surface area contributed by atoms with Gasteiger partial charge in [-0.15, -0.1) is 0 Å². The minimum atomic E-state index is 0.0919. The highest BCUT2D eigenvalue weighted by Crippen LogP contribution is 2.31. The van der Waals surface area contributed by atoms with Crippen molar-refractivity contribution in [3.8, 4) is 0 Å². The Labute approximate surface area is 169 Å². The lowest BCUT2D eigenvalue weighted by Gasteiger charge is -2.20. The molecule has 0 bridgehead atoms. The first-order valence-electron chi connectivity index (χ1n) is 11.1. The number of rotatable bonds is 10. The van der Waals surface area contributed by atoms with E-state index in [-0.39, 0.29) is 5.91 Å². The fourth-order valence-electron chi connectivity index (χ4n) is 4.08. The first kappa shape index (κ1) is 20.8. The van der Waals surface area contributed by atoms with Gasteiger partial charge in [-0.1, -0.05) is 32.6 Å². The van der Waals surface area contributed by atoms with Gasteiger partial charge in [0, 0.05) is 18.7 Å². The Morgan fingerprint density at radius 2 is 1.75 bits per heavy atom. The van der Waals surface area contributed by atoms with Gasteiger partial charge < -0.3 is 16.0 Å². The van der Waals surface area contributed by atoms with Crippen molar-refractivity contribution in [1.82, 2.24) is 14.9 Å². The molecule has 1 fully saturated rings. The van der Waals surface area contributed by atoms with Crippen molar-refractivity contribution in [2.75, 3.05) is 48.7 Å². The van der Waals surface area contributed by atoms with Crippen LogP contribution in [0.3, 0.4) is 0 Å². The van der Waals surface area contributed by atoms with Gasteiger partial charge in [0.1, 0.15) is 11.6 Å². The molecule has 1 saturated heterocycles. The second kappa shape index (κ2) is 10.6. The van der Waals surface area contributed by atoms with Crippen LogP contribution < -0.4 is 16.0 Å². The summed E-state index contributed by atoms with van der Waals surface area (Å²) >= 11 is 0. The molecule has 3 heterocycles. The summed E-state index contributed by atoms with van der Waals surface area (Å²) in [6, 6.07) is 0. The van der Waals surface area contributed by atoms with E-state index in [0.717, 1.165) is 44.3 Å². The number of hydrogen-bond acceptors (Lipinski definition) is 6. The molecule has 1 amide bonds. The Bertz CT molecular complexity index is 642. The van der Waals surface area contributed by atoms with Gasteiger partial charge in [-0.25, -0.2) is 0 Å². The third-order valence-corrected chi connectivity index (χ3v) is 5.77. The van der Waals surface area contributed by atoms with E-state index < -0.39 is 0 Å². The van der Waals surface area contributed by atoms with Crippen LogP contribution in [0.2, 0.25) is 0 Å². The molecule has 7 nitrogen and oxygen atoms in total. The molecular weight excluding hydrogens is 352 g/mol. The van der Waals surface area contributed by atoms with E-state index in [9.17, 15) is 4.79 Å². The molecule has 28 heavy (non-hydrogen) atoms. The Balaban J connectivity index is 1.48. The van der Waals surface area contributed by atoms with Crippen LogP contribution in [-0.2, 0) is 11.2 Å². The van der Waals surface area contributed by atoms with Crippen LogP contribution in [0.25, 0.3) is 0 Å². The van der Waals surface area contributed by atoms with Gasteiger partial charge in [0.15, 0.2) is 0 Å². The number of unbranched alkanes of at least 4 members (excludes halogenated alkanes) is 3. The summed E-state index contributed by atoms with van der Waals surface area (Å²) in [5.74, 6) is 1.77. The summed E-state index contributed by atoms with van der Waals surface area (Å²) in [4.78, 5) is 25.8. The summed E-state index contributed by atoms with van der Waals surface area (Å²) < 4.78 is 0. The number of amides is 1. The maximum atomic E-state index is 12.5. The van der Waals surface area contributed by atoms with E-state index in [1.807, 2.05) is 4.90 Å². The monoisotopic (exact) mass is 388 g/mol. The van der Waals surface area contributed by atoms with Crippen LogP contribution >= 0.6 is 0 Å². The largest absolute Gasteiger partial charge is 0.383 e. The topological polar surface area (TPSA) is 87.4 Å². The number of hydrogen-bond donors (Lipinski definition) is 2. The summed E-state index contributed by atoms with van der Waals surface area (Å²) in [5, 5.41) is 3.22. The van der Waals surface area contributed by atoms with Crippen LogP contribution in [0, 0.1) is 0 Å². The zero-order valence-electron chi connectivity index (χ0n) is 17.4. The lowest BCUT2D eigenvalue weighted by molar-refractivity contribution is -0.117. The fraction of sp³-hybridized carbons (Fsp3) is 0.762. The molecule has 0 radical (unpaired) electrons. The molecule has 156 valence electrons. The first-order valence-corrected chi connectivity index (χ1v) is 11.1. The number of likely N-dealkylation sites (tertiary alicyclic amines) is 1. The van der Waals surface area contributed by atoms with E-state index in [1.165, 1.54) is 51.7 Å². The summed E-state index contributed by atoms with van der Waals surface area (Å²) in [6.07, 6.45) is 11.3. The van der Waals surface area contributed by atoms with E-state index in [2.05, 4.69) is 27.1 Å². The fourth-order valence-corrected chi connectivity index (χ4v) is 4.08. The van der Waals surface area contributed by atoms with E-state index in [4.69, 9.17) is 5.73 Å². The maximum absolute atomic E-state index is 12.5. The predicted octanol–water partition coefficient (Wildman–Crippen LogP) is 3.21. The highest BCUT2D eigenvalue weighted by atomic mass is 16.2. The van der Waals surface area contributed by atoms with Crippen molar-refractivity contribution in [1.29, 1.82) is 0 Å². The number of aromatic nitrogens is 2. The zero-order chi connectivity index (χ0) is 19.8. The average Bonchev–Trinajstić information content (AvgIpc) is 2.85. The smallest absolute Gasteiger partial charge is 0.232 e. The van der Waals surface area contributed by atoms with Crippen LogP contribution in [0.1, 0.15) is 70.3 Å². The van der Waals surface area contributed by atoms with Crippen molar-refractivity contribution >= 4 is 23.5 Å². The molecule has 7 heteroatoms. The third kappa shape index (κ3) is 5.56. The lowest BCUT2D eigenvalue weighted by Crippen LogP contribution is -2.29. The van der Waals surface area contributed by atoms with Crippen molar-refractivity contribution in [2.45, 2.75) is 71.1 Å². The highest BCUT2D eigenvalue weighted by Gasteiger charge is 2.31. The third-order valence-electron chi connectivity index (χ3n) is 5.77. The second-order valence-corrected chi connectivity index (χ2v) is 8.05. The number of carbonyl (C=O) groups is 1. The normalized spacial score (nSPS) is 17.6. The van der Waals surface area contributed by atoms with Gasteiger partial charge in [-0.2, -0.15) is 9.97 Å². The highest BCUT2D eigenvalue weighted by molar-refractivity contribution is 6.01. The van der Waals surface area contributed by atoms with Crippen molar-refractivity contribution in [3.05, 3.63) is 5.56 Å². The summed E-state index contributed by atoms with van der Waals surface area (Å²) in [7, 11) is 0. The molecule has 0 saturated carbocycles. The van der Waals surface area contributed by atoms with Crippen LogP contribution in [-0.4, -0.2) is 53.5 Å². The number of nitrogens with two attached hydrogens (primary N) is 1. The SMILES string of the molecule is CCCCNc1nc(N)c2c(n1)N(CCCCCN1CCCCCC1)C(=O)C2. The summed E-state index contributed by atoms with van der Waals surface area (Å²) in [6.45, 7) is 7.37. The zero-order valence-corrected chi connectivity index (χ0v) is 17.4. The van der Waals surface area contributed by atoms with E-state index in [1.54, 1.807) is 0 Å². The molecular formula is C21H36N6O. The Kier molecular flexibility index (Phi) is 7.89. The average molecular weight is 389 g/mol. The minimum absolute atomic E-state index is 0.0919. The molecule has 2 aliphatic heterocycles. The van der Waals surface area contributed by atoms with Crippen molar-refractivity contribution < 1.29 is 4.79 Å². The summed E-state index contributed by atoms with van der Waals surface area (Å²) in [5.41, 5.74) is 6.89. The van der Waals surface area contributed by atoms with Crippen LogP contribution in [0.5, 0.6) is 0 Å². The maximum Gasteiger partial charge on any atom is 0.232 e. The van der Waals surface area contributed by atoms with Gasteiger partial charge >= 0.3 is 0 Å². The second-order valence-electron chi connectivity index (χ2n) is 8.05. The molecule has 1 aromatic rings.